The number of halogens is 1. The molecule has 3 atom stereocenters. The summed E-state index contributed by atoms with van der Waals surface area (Å²) in [6.07, 6.45) is 9.06. The van der Waals surface area contributed by atoms with E-state index < -0.39 is 24.5 Å². The fourth-order valence-corrected chi connectivity index (χ4v) is 7.75. The molecule has 2 aromatic heterocycles. The molecule has 15 heteroatoms. The summed E-state index contributed by atoms with van der Waals surface area (Å²) in [5.74, 6) is -0.171. The van der Waals surface area contributed by atoms with E-state index in [4.69, 9.17) is 9.47 Å². The monoisotopic (exact) mass is 833 g/mol. The summed E-state index contributed by atoms with van der Waals surface area (Å²) in [5.41, 5.74) is 5.28. The van der Waals surface area contributed by atoms with Crippen molar-refractivity contribution in [2.24, 2.45) is 5.92 Å². The Hall–Kier alpha value is -4.67. The largest absolute Gasteiger partial charge is 0.449 e. The highest BCUT2D eigenvalue weighted by atomic mass is 19.1. The van der Waals surface area contributed by atoms with Gasteiger partial charge in [-0.3, -0.25) is 9.69 Å². The number of rotatable bonds is 25. The molecule has 5 N–H and O–H groups in total. The SMILES string of the molecule is Cc1cc(C(O)N2CCC(COC(=O)NCCOCCn3cc(CCCCCCCCC(=O)N[C@@H](CO)C[C@H](O)c4ccccc4)nn3)CC2)c(C)n1-c1ccc(F)cc1. The summed E-state index contributed by atoms with van der Waals surface area (Å²) in [6, 6.07) is 17.1. The minimum Gasteiger partial charge on any atom is -0.449 e. The zero-order valence-electron chi connectivity index (χ0n) is 35.2. The highest BCUT2D eigenvalue weighted by Crippen LogP contribution is 2.31. The van der Waals surface area contributed by atoms with Crippen molar-refractivity contribution in [2.45, 2.75) is 109 Å². The molecule has 1 aliphatic heterocycles. The number of amides is 2. The number of carbonyl (C=O) groups excluding carboxylic acids is 2. The van der Waals surface area contributed by atoms with Crippen molar-refractivity contribution in [3.05, 3.63) is 101 Å². The molecule has 1 aliphatic rings. The number of benzene rings is 2. The number of unbranched alkanes of at least 4 members (excludes halogenated alkanes) is 5. The van der Waals surface area contributed by atoms with Crippen molar-refractivity contribution in [3.63, 3.8) is 0 Å². The molecule has 4 aromatic rings. The molecule has 1 saturated heterocycles. The lowest BCUT2D eigenvalue weighted by atomic mass is 9.97. The van der Waals surface area contributed by atoms with Crippen molar-refractivity contribution in [1.29, 1.82) is 0 Å². The summed E-state index contributed by atoms with van der Waals surface area (Å²) >= 11 is 0. The smallest absolute Gasteiger partial charge is 0.407 e. The van der Waals surface area contributed by atoms with Gasteiger partial charge in [0.1, 0.15) is 12.0 Å². The molecular formula is C45H64FN7O7. The number of aliphatic hydroxyl groups is 3. The molecule has 0 aliphatic carbocycles. The highest BCUT2D eigenvalue weighted by molar-refractivity contribution is 5.76. The van der Waals surface area contributed by atoms with Gasteiger partial charge in [0.25, 0.3) is 0 Å². The van der Waals surface area contributed by atoms with E-state index in [-0.39, 0.29) is 30.7 Å². The van der Waals surface area contributed by atoms with Gasteiger partial charge in [-0.1, -0.05) is 61.2 Å². The van der Waals surface area contributed by atoms with Crippen LogP contribution in [0.1, 0.15) is 105 Å². The van der Waals surface area contributed by atoms with Gasteiger partial charge < -0.3 is 40.0 Å². The zero-order valence-corrected chi connectivity index (χ0v) is 35.2. The van der Waals surface area contributed by atoms with E-state index in [0.29, 0.717) is 52.4 Å². The Labute approximate surface area is 353 Å². The molecule has 0 radical (unpaired) electrons. The van der Waals surface area contributed by atoms with E-state index >= 15 is 0 Å². The Kier molecular flexibility index (Phi) is 19.0. The van der Waals surface area contributed by atoms with E-state index in [0.717, 1.165) is 91.7 Å². The van der Waals surface area contributed by atoms with Crippen molar-refractivity contribution in [1.82, 2.24) is 35.1 Å². The zero-order chi connectivity index (χ0) is 42.7. The molecule has 5 rings (SSSR count). The van der Waals surface area contributed by atoms with Crippen molar-refractivity contribution >= 4 is 12.0 Å². The first-order valence-electron chi connectivity index (χ1n) is 21.5. The maximum atomic E-state index is 13.5. The molecule has 2 amide bonds. The van der Waals surface area contributed by atoms with Crippen LogP contribution in [0.5, 0.6) is 0 Å². The Morgan fingerprint density at radius 2 is 1.67 bits per heavy atom. The number of nitrogens with zero attached hydrogens (tertiary/aromatic N) is 5. The van der Waals surface area contributed by atoms with Crippen LogP contribution in [0.25, 0.3) is 5.69 Å². The lowest BCUT2D eigenvalue weighted by Crippen LogP contribution is -2.38. The van der Waals surface area contributed by atoms with Crippen LogP contribution in [0.15, 0.2) is 66.9 Å². The second-order valence-electron chi connectivity index (χ2n) is 15.8. The molecule has 1 fully saturated rings. The lowest BCUT2D eigenvalue weighted by molar-refractivity contribution is -0.122. The third-order valence-corrected chi connectivity index (χ3v) is 11.2. The Morgan fingerprint density at radius 1 is 0.950 bits per heavy atom. The number of hydrogen-bond acceptors (Lipinski definition) is 10. The second kappa shape index (κ2) is 24.6. The number of nitrogens with one attached hydrogen (secondary N) is 2. The van der Waals surface area contributed by atoms with E-state index in [2.05, 4.69) is 20.9 Å². The Balaban J connectivity index is 0.835. The Bertz CT molecular complexity index is 1860. The van der Waals surface area contributed by atoms with Crippen molar-refractivity contribution in [2.75, 3.05) is 46.1 Å². The molecule has 328 valence electrons. The van der Waals surface area contributed by atoms with Gasteiger partial charge in [-0.05, 0) is 94.2 Å². The second-order valence-corrected chi connectivity index (χ2v) is 15.8. The van der Waals surface area contributed by atoms with Gasteiger partial charge in [0, 0.05) is 54.9 Å². The van der Waals surface area contributed by atoms with Gasteiger partial charge in [-0.15, -0.1) is 5.10 Å². The number of aryl methyl sites for hydroxylation is 2. The van der Waals surface area contributed by atoms with E-state index in [1.165, 1.54) is 12.1 Å². The van der Waals surface area contributed by atoms with Gasteiger partial charge in [-0.2, -0.15) is 0 Å². The van der Waals surface area contributed by atoms with Crippen LogP contribution in [0.2, 0.25) is 0 Å². The maximum Gasteiger partial charge on any atom is 0.407 e. The van der Waals surface area contributed by atoms with Crippen LogP contribution in [0.3, 0.4) is 0 Å². The van der Waals surface area contributed by atoms with Crippen LogP contribution < -0.4 is 10.6 Å². The predicted molar refractivity (Wildman–Crippen MR) is 226 cm³/mol. The van der Waals surface area contributed by atoms with Crippen LogP contribution in [-0.2, 0) is 27.2 Å². The quantitative estimate of drug-likeness (QED) is 0.0510. The number of aromatic nitrogens is 4. The normalized spacial score (nSPS) is 15.1. The van der Waals surface area contributed by atoms with Crippen LogP contribution in [0.4, 0.5) is 9.18 Å². The average Bonchev–Trinajstić information content (AvgIpc) is 3.84. The lowest BCUT2D eigenvalue weighted by Gasteiger charge is -2.35. The van der Waals surface area contributed by atoms with Gasteiger partial charge >= 0.3 is 6.09 Å². The number of piperidine rings is 1. The first-order chi connectivity index (χ1) is 29.1. The molecule has 0 saturated carbocycles. The van der Waals surface area contributed by atoms with Crippen LogP contribution >= 0.6 is 0 Å². The van der Waals surface area contributed by atoms with Gasteiger partial charge in [-0.25, -0.2) is 13.9 Å². The molecule has 0 spiro atoms. The molecular weight excluding hydrogens is 770 g/mol. The van der Waals surface area contributed by atoms with Crippen LogP contribution in [-0.4, -0.2) is 104 Å². The van der Waals surface area contributed by atoms with Gasteiger partial charge in [0.2, 0.25) is 5.91 Å². The van der Waals surface area contributed by atoms with Gasteiger partial charge in [0.05, 0.1) is 50.8 Å². The van der Waals surface area contributed by atoms with Crippen molar-refractivity contribution in [3.8, 4) is 5.69 Å². The molecule has 2 aromatic carbocycles. The summed E-state index contributed by atoms with van der Waals surface area (Å²) < 4.78 is 28.4. The first kappa shape index (κ1) is 46.4. The molecule has 1 unspecified atom stereocenters. The number of likely N-dealkylation sites (tertiary alicyclic amines) is 1. The molecule has 60 heavy (non-hydrogen) atoms. The minimum absolute atomic E-state index is 0.0987. The number of ether oxygens (including phenoxy) is 2. The highest BCUT2D eigenvalue weighted by Gasteiger charge is 2.28. The topological polar surface area (TPSA) is 176 Å². The summed E-state index contributed by atoms with van der Waals surface area (Å²) in [6.45, 7) is 7.09. The maximum absolute atomic E-state index is 13.5. The van der Waals surface area contributed by atoms with Gasteiger partial charge in [0.15, 0.2) is 0 Å². The number of aliphatic hydroxyl groups excluding tert-OH is 3. The minimum atomic E-state index is -0.752. The van der Waals surface area contributed by atoms with E-state index in [9.17, 15) is 29.3 Å². The third-order valence-electron chi connectivity index (χ3n) is 11.2. The van der Waals surface area contributed by atoms with Crippen LogP contribution in [0, 0.1) is 25.6 Å². The number of alkyl carbamates (subject to hydrolysis) is 1. The fraction of sp³-hybridized carbons (Fsp3) is 0.556. The predicted octanol–water partition coefficient (Wildman–Crippen LogP) is 5.84. The molecule has 14 nitrogen and oxygen atoms in total. The van der Waals surface area contributed by atoms with E-state index in [1.54, 1.807) is 16.8 Å². The summed E-state index contributed by atoms with van der Waals surface area (Å²) in [7, 11) is 0. The molecule has 3 heterocycles. The standard InChI is InChI=1S/C45H64FN7O7/c1-33-28-41(34(2)53(33)40-18-16-37(46)17-19-40)44(57)51-23-20-35(21-24-51)32-60-45(58)47-22-26-59-27-25-52-30-38(49-50-52)14-10-5-3-4-6-11-15-43(56)48-39(31-54)29-42(55)36-12-8-7-9-13-36/h7-9,12-13,16-19,28,30,35,39,42,44,54-55,57H,3-6,10-11,14-15,20-27,29,31-32H2,1-2H3,(H,47,58)(H,48,56)/t39-,42+,44?/m1/s1. The summed E-state index contributed by atoms with van der Waals surface area (Å²) in [5, 5.41) is 45.4. The number of carbonyl (C=O) groups is 2. The summed E-state index contributed by atoms with van der Waals surface area (Å²) in [4.78, 5) is 26.7. The molecule has 0 bridgehead atoms. The first-order valence-corrected chi connectivity index (χ1v) is 21.5. The van der Waals surface area contributed by atoms with Crippen molar-refractivity contribution < 1.29 is 38.8 Å². The third kappa shape index (κ3) is 14.8. The number of hydrogen-bond donors (Lipinski definition) is 5. The fourth-order valence-electron chi connectivity index (χ4n) is 7.75. The Morgan fingerprint density at radius 3 is 2.40 bits per heavy atom. The van der Waals surface area contributed by atoms with E-state index in [1.807, 2.05) is 65.9 Å². The average molecular weight is 834 g/mol.